The maximum absolute atomic E-state index is 12.8. The first-order chi connectivity index (χ1) is 68.4. The molecule has 4 fully saturated rings. The molecule has 4 atom stereocenters. The first-order valence-electron chi connectivity index (χ1n) is 46.4. The van der Waals surface area contributed by atoms with E-state index < -0.39 is 0 Å². The van der Waals surface area contributed by atoms with E-state index in [0.717, 1.165) is 133 Å². The van der Waals surface area contributed by atoms with Gasteiger partial charge in [-0.25, -0.2) is 58.6 Å². The van der Waals surface area contributed by atoms with Crippen LogP contribution in [0.1, 0.15) is 82.5 Å². The van der Waals surface area contributed by atoms with E-state index in [4.69, 9.17) is 67.0 Å². The molecule has 4 amide bonds. The van der Waals surface area contributed by atoms with E-state index in [1.54, 1.807) is 42.1 Å². The molecule has 0 aliphatic carbocycles. The summed E-state index contributed by atoms with van der Waals surface area (Å²) >= 11 is 0. The Morgan fingerprint density at radius 2 is 0.636 bits per heavy atom. The number of nitrogen functional groups attached to an aromatic ring is 4. The summed E-state index contributed by atoms with van der Waals surface area (Å²) in [6.07, 6.45) is 21.1. The summed E-state index contributed by atoms with van der Waals surface area (Å²) < 4.78 is 36.3. The number of nitrogens with two attached hydrogens (primary N) is 4. The van der Waals surface area contributed by atoms with Gasteiger partial charge in [0.15, 0.2) is 22.6 Å². The minimum Gasteiger partial charge on any atom is -0.457 e. The molecule has 0 bridgehead atoms. The van der Waals surface area contributed by atoms with E-state index in [1.807, 2.05) is 272 Å². The Bertz CT molecular complexity index is 7160. The number of ether oxygens (including phenoxy) is 5. The van der Waals surface area contributed by atoms with E-state index in [-0.39, 0.29) is 47.8 Å². The third-order valence-electron chi connectivity index (χ3n) is 24.4. The molecule has 8 N–H and O–H groups in total. The Morgan fingerprint density at radius 3 is 0.907 bits per heavy atom. The van der Waals surface area contributed by atoms with Gasteiger partial charge < -0.3 is 71.1 Å². The smallest absolute Gasteiger partial charge is 0.298 e. The highest BCUT2D eigenvalue weighted by Gasteiger charge is 2.34. The number of carbonyl (C=O) groups excluding carboxylic acids is 4. The molecule has 140 heavy (non-hydrogen) atoms. The largest absolute Gasteiger partial charge is 0.457 e. The molecule has 4 saturated heterocycles. The number of hydrogen-bond donors (Lipinski definition) is 4. The highest BCUT2D eigenvalue weighted by atomic mass is 16.5. The van der Waals surface area contributed by atoms with Crippen molar-refractivity contribution in [3.63, 3.8) is 0 Å². The van der Waals surface area contributed by atoms with Gasteiger partial charge >= 0.3 is 0 Å². The number of anilines is 4. The minimum absolute atomic E-state index is 0.00566. The van der Waals surface area contributed by atoms with Gasteiger partial charge in [0, 0.05) is 100 Å². The normalized spacial score (nSPS) is 15.9. The molecule has 3 unspecified atom stereocenters. The van der Waals surface area contributed by atoms with Gasteiger partial charge in [0.1, 0.15) is 117 Å². The van der Waals surface area contributed by atoms with Gasteiger partial charge in [-0.3, -0.25) is 19.2 Å². The molecular formula is C106H107N25O9. The van der Waals surface area contributed by atoms with Crippen molar-refractivity contribution in [2.24, 2.45) is 0 Å². The van der Waals surface area contributed by atoms with Crippen LogP contribution in [0.2, 0.25) is 0 Å². The van der Waals surface area contributed by atoms with Crippen LogP contribution in [0.3, 0.4) is 0 Å². The highest BCUT2D eigenvalue weighted by Crippen LogP contribution is 2.42. The Morgan fingerprint density at radius 1 is 0.371 bits per heavy atom. The number of carbonyl (C=O) groups is 4. The average molecular weight is 1880 g/mol. The Hall–Kier alpha value is -17.1. The monoisotopic (exact) mass is 1870 g/mol. The molecule has 0 radical (unpaired) electrons. The highest BCUT2D eigenvalue weighted by molar-refractivity contribution is 6.02. The first kappa shape index (κ1) is 94.7. The van der Waals surface area contributed by atoms with Crippen LogP contribution in [0.15, 0.2) is 281 Å². The molecule has 0 saturated carbocycles. The number of piperidine rings is 4. The Labute approximate surface area is 808 Å². The number of aromatic nitrogens is 16. The summed E-state index contributed by atoms with van der Waals surface area (Å²) in [5.41, 5.74) is 34.2. The van der Waals surface area contributed by atoms with Crippen molar-refractivity contribution in [1.29, 1.82) is 0 Å². The lowest BCUT2D eigenvalue weighted by atomic mass is 10.1. The maximum Gasteiger partial charge on any atom is 0.298 e. The predicted octanol–water partition coefficient (Wildman–Crippen LogP) is 16.7. The fourth-order valence-electron chi connectivity index (χ4n) is 17.6. The standard InChI is InChI=1S/C28H31N7O2.C27H28N6O3.C26H24N6O2.C25H24N6O2/c1-33(2)16-7-11-24(36)34-17-6-8-21(18-34)35-28-25(27(29)30-19-31-28)26(32-35)20-12-14-23(15-13-20)37-22-9-4-3-5-10-22;1-35-16-6-10-23(34)32-15-5-7-20(17-32)33-27-24(26(28)29-18-30-27)25(31-33)19-11-13-22(14-12-19)36-21-8-3-2-4-9-21;1-2-7-22(33)31-15-6-8-19(16-31)32-26-23(25(27)28-17-29-26)24(30-32)18-11-13-21(14-12-18)34-20-9-4-3-5-10-20;1-2-21(32)30-14-6-7-18(15-30)31-25-22(24(26)27-16-28-25)23(29-31)17-10-12-20(13-11-17)33-19-8-4-3-5-9-19/h3-5,7,9-15,19,21H,6,8,16-18H2,1-2H3,(H2,29,30,31);2-4,6,8-14,18,20H,5,7,15-17H2,1H3,(H2,28,29,30);3-5,9-14,17,19H,6,8,15-16H2,1H3,(H2,27,28,29);2-5,8-13,16,18H,1,6-7,14-15H2,(H2,26,27,28)/b11-7+;10-6+;;/t;;;18-/m...1/s1. The second kappa shape index (κ2) is 44.6. The van der Waals surface area contributed by atoms with Gasteiger partial charge in [0.25, 0.3) is 5.91 Å². The van der Waals surface area contributed by atoms with E-state index in [9.17, 15) is 19.2 Å². The van der Waals surface area contributed by atoms with Gasteiger partial charge in [0.2, 0.25) is 17.7 Å². The van der Waals surface area contributed by atoms with E-state index in [0.29, 0.717) is 143 Å². The van der Waals surface area contributed by atoms with Crippen molar-refractivity contribution in [2.45, 2.75) is 82.5 Å². The molecule has 12 heterocycles. The first-order valence-corrected chi connectivity index (χ1v) is 46.4. The van der Waals surface area contributed by atoms with E-state index >= 15 is 0 Å². The number of likely N-dealkylation sites (N-methyl/N-ethyl adjacent to an activating group) is 1. The molecule has 16 aromatic rings. The number of amides is 4. The molecular weight excluding hydrogens is 1770 g/mol. The molecule has 710 valence electrons. The lowest BCUT2D eigenvalue weighted by molar-refractivity contribution is -0.128. The molecule has 4 aliphatic heterocycles. The Kier molecular flexibility index (Phi) is 30.2. The second-order valence-corrected chi connectivity index (χ2v) is 34.2. The lowest BCUT2D eigenvalue weighted by Crippen LogP contribution is -2.40. The van der Waals surface area contributed by atoms with Crippen LogP contribution in [0.5, 0.6) is 46.0 Å². The zero-order valence-corrected chi connectivity index (χ0v) is 78.1. The van der Waals surface area contributed by atoms with Crippen LogP contribution in [-0.4, -0.2) is 214 Å². The lowest BCUT2D eigenvalue weighted by Gasteiger charge is -2.32. The number of hydrogen-bond acceptors (Lipinski definition) is 26. The van der Waals surface area contributed by atoms with Gasteiger partial charge in [-0.05, 0) is 230 Å². The van der Waals surface area contributed by atoms with E-state index in [2.05, 4.69) is 58.3 Å². The molecule has 34 heteroatoms. The topological polar surface area (TPSA) is 409 Å². The van der Waals surface area contributed by atoms with Crippen molar-refractivity contribution in [1.82, 2.24) is 103 Å². The van der Waals surface area contributed by atoms with Crippen molar-refractivity contribution >= 4 is 91.0 Å². The van der Waals surface area contributed by atoms with E-state index in [1.165, 1.54) is 31.4 Å². The molecule has 34 nitrogen and oxygen atoms in total. The van der Waals surface area contributed by atoms with Crippen LogP contribution in [0.4, 0.5) is 23.3 Å². The zero-order valence-electron chi connectivity index (χ0n) is 78.1. The number of benzene rings is 8. The Balaban J connectivity index is 0.000000129. The van der Waals surface area contributed by atoms with Crippen molar-refractivity contribution < 1.29 is 42.9 Å². The number of methoxy groups -OCH3 is 1. The number of likely N-dealkylation sites (tertiary alicyclic amines) is 4. The van der Waals surface area contributed by atoms with Crippen LogP contribution in [-0.2, 0) is 23.9 Å². The summed E-state index contributed by atoms with van der Waals surface area (Å²) in [4.78, 5) is 94.2. The summed E-state index contributed by atoms with van der Waals surface area (Å²) in [5, 5.41) is 22.6. The second-order valence-electron chi connectivity index (χ2n) is 34.2. The quantitative estimate of drug-likeness (QED) is 0.0341. The van der Waals surface area contributed by atoms with Crippen molar-refractivity contribution in [2.75, 3.05) is 110 Å². The van der Waals surface area contributed by atoms with Gasteiger partial charge in [-0.1, -0.05) is 97.4 Å². The third-order valence-corrected chi connectivity index (χ3v) is 24.4. The summed E-state index contributed by atoms with van der Waals surface area (Å²) in [6, 6.07) is 69.3. The number of rotatable bonds is 23. The zero-order chi connectivity index (χ0) is 97.0. The van der Waals surface area contributed by atoms with Crippen LogP contribution in [0.25, 0.3) is 89.2 Å². The van der Waals surface area contributed by atoms with Crippen LogP contribution in [0, 0.1) is 11.8 Å². The fraction of sp³-hybridized carbons (Fsp3) is 0.245. The molecule has 0 spiro atoms. The van der Waals surface area contributed by atoms with Crippen LogP contribution >= 0.6 is 0 Å². The SMILES string of the molecule is C=CC(=O)N1CCC[C@@H](n2nc(-c3ccc(Oc4ccccc4)cc3)c3c(N)ncnc32)C1.CC#CC(=O)N1CCCC(n2nc(-c3ccc(Oc4ccccc4)cc3)c3c(N)ncnc32)C1.CN(C)C/C=C/C(=O)N1CCCC(n2nc(-c3ccc(Oc4ccccc4)cc3)c3c(N)ncnc32)C1.COC/C=C/C(=O)N1CCCC(n2nc(-c3ccc(Oc4ccccc4)cc3)c3c(N)ncnc32)C1. The third kappa shape index (κ3) is 22.4. The maximum atomic E-state index is 12.8. The predicted molar refractivity (Wildman–Crippen MR) is 539 cm³/mol. The number of para-hydroxylation sites is 4. The molecule has 8 aromatic carbocycles. The minimum atomic E-state index is -0.160. The average Bonchev–Trinajstić information content (AvgIpc) is 1.62. The summed E-state index contributed by atoms with van der Waals surface area (Å²) in [7, 11) is 5.55. The van der Waals surface area contributed by atoms with Crippen molar-refractivity contribution in [3.05, 3.63) is 281 Å². The molecule has 20 rings (SSSR count). The molecule has 4 aliphatic rings. The van der Waals surface area contributed by atoms with Gasteiger partial charge in [0.05, 0.1) is 52.3 Å². The summed E-state index contributed by atoms with van der Waals surface area (Å²) in [6.45, 7) is 11.4. The van der Waals surface area contributed by atoms with Crippen molar-refractivity contribution in [3.8, 4) is 103 Å². The van der Waals surface area contributed by atoms with Crippen LogP contribution < -0.4 is 41.9 Å². The molecule has 8 aromatic heterocycles. The van der Waals surface area contributed by atoms with Gasteiger partial charge in [-0.15, -0.1) is 0 Å². The number of nitrogens with zero attached hydrogens (tertiary/aromatic N) is 21. The number of fused-ring (bicyclic) bond motifs is 4. The van der Waals surface area contributed by atoms with Gasteiger partial charge in [-0.2, -0.15) is 20.4 Å². The fourth-order valence-corrected chi connectivity index (χ4v) is 17.6. The summed E-state index contributed by atoms with van der Waals surface area (Å²) in [5.74, 6) is 12.6.